The van der Waals surface area contributed by atoms with Crippen molar-refractivity contribution in [1.82, 2.24) is 24.9 Å². The van der Waals surface area contributed by atoms with Gasteiger partial charge in [0.15, 0.2) is 0 Å². The molecule has 134 valence electrons. The van der Waals surface area contributed by atoms with Gasteiger partial charge in [-0.3, -0.25) is 14.6 Å². The van der Waals surface area contributed by atoms with Crippen LogP contribution in [-0.4, -0.2) is 55.0 Å². The molecular weight excluding hydrogens is 334 g/mol. The van der Waals surface area contributed by atoms with Gasteiger partial charge in [0.25, 0.3) is 0 Å². The number of rotatable bonds is 4. The lowest BCUT2D eigenvalue weighted by Gasteiger charge is -2.32. The number of fused-ring (bicyclic) bond motifs is 1. The first-order valence-electron chi connectivity index (χ1n) is 8.59. The fraction of sp³-hybridized carbons (Fsp3) is 0.333. The van der Waals surface area contributed by atoms with E-state index in [0.29, 0.717) is 19.5 Å². The Hall–Kier alpha value is -3.16. The highest BCUT2D eigenvalue weighted by Gasteiger charge is 2.25. The number of aromatic carboxylic acids is 1. The molecule has 26 heavy (non-hydrogen) atoms. The Morgan fingerprint density at radius 2 is 2.00 bits per heavy atom. The van der Waals surface area contributed by atoms with E-state index in [1.54, 1.807) is 10.9 Å². The number of hydrogen-bond donors (Lipinski definition) is 2. The van der Waals surface area contributed by atoms with Crippen molar-refractivity contribution in [2.75, 3.05) is 13.1 Å². The third kappa shape index (κ3) is 3.05. The average Bonchev–Trinajstić information content (AvgIpc) is 3.30. The zero-order valence-electron chi connectivity index (χ0n) is 14.1. The molecule has 1 aliphatic heterocycles. The average molecular weight is 353 g/mol. The summed E-state index contributed by atoms with van der Waals surface area (Å²) >= 11 is 0. The monoisotopic (exact) mass is 353 g/mol. The quantitative estimate of drug-likeness (QED) is 0.745. The Kier molecular flexibility index (Phi) is 4.16. The second-order valence-electron chi connectivity index (χ2n) is 6.52. The van der Waals surface area contributed by atoms with Crippen molar-refractivity contribution in [3.63, 3.8) is 0 Å². The van der Waals surface area contributed by atoms with Crippen LogP contribution in [0.25, 0.3) is 10.9 Å². The van der Waals surface area contributed by atoms with Crippen molar-refractivity contribution in [3.8, 4) is 0 Å². The van der Waals surface area contributed by atoms with Crippen LogP contribution >= 0.6 is 0 Å². The summed E-state index contributed by atoms with van der Waals surface area (Å²) in [6.45, 7) is 1.27. The molecular formula is C18H19N5O3. The zero-order chi connectivity index (χ0) is 18.1. The summed E-state index contributed by atoms with van der Waals surface area (Å²) in [5, 5.41) is 21.3. The van der Waals surface area contributed by atoms with Crippen LogP contribution in [0.5, 0.6) is 0 Å². The number of likely N-dealkylation sites (tertiary alicyclic amines) is 1. The number of piperidine rings is 1. The van der Waals surface area contributed by atoms with E-state index in [0.717, 1.165) is 29.4 Å². The van der Waals surface area contributed by atoms with Gasteiger partial charge in [-0.1, -0.05) is 18.2 Å². The Morgan fingerprint density at radius 3 is 2.73 bits per heavy atom. The van der Waals surface area contributed by atoms with Crippen LogP contribution in [0.4, 0.5) is 0 Å². The predicted molar refractivity (Wildman–Crippen MR) is 93.8 cm³/mol. The third-order valence-corrected chi connectivity index (χ3v) is 4.91. The number of carboxylic acids is 1. The Labute approximate surface area is 149 Å². The van der Waals surface area contributed by atoms with Gasteiger partial charge in [0.2, 0.25) is 5.91 Å². The molecule has 0 aliphatic carbocycles. The largest absolute Gasteiger partial charge is 0.478 e. The minimum atomic E-state index is -0.976. The van der Waals surface area contributed by atoms with Crippen molar-refractivity contribution < 1.29 is 14.7 Å². The van der Waals surface area contributed by atoms with Crippen molar-refractivity contribution >= 4 is 22.8 Å². The molecule has 0 radical (unpaired) electrons. The maximum Gasteiger partial charge on any atom is 0.338 e. The highest BCUT2D eigenvalue weighted by molar-refractivity contribution is 5.87. The minimum absolute atomic E-state index is 0.0737. The van der Waals surface area contributed by atoms with Gasteiger partial charge < -0.3 is 10.0 Å². The summed E-state index contributed by atoms with van der Waals surface area (Å²) in [6, 6.07) is 7.86. The van der Waals surface area contributed by atoms with Gasteiger partial charge in [0.05, 0.1) is 35.4 Å². The molecule has 1 aromatic carbocycles. The number of aromatic nitrogens is 4. The molecule has 0 atom stereocenters. The summed E-state index contributed by atoms with van der Waals surface area (Å²) < 4.78 is 1.70. The maximum absolute atomic E-state index is 12.6. The molecule has 0 saturated carbocycles. The van der Waals surface area contributed by atoms with E-state index < -0.39 is 5.97 Å². The first-order valence-corrected chi connectivity index (χ1v) is 8.59. The van der Waals surface area contributed by atoms with E-state index in [-0.39, 0.29) is 17.5 Å². The molecule has 0 unspecified atom stereocenters. The predicted octanol–water partition coefficient (Wildman–Crippen LogP) is 1.86. The van der Waals surface area contributed by atoms with Crippen molar-refractivity contribution in [1.29, 1.82) is 0 Å². The van der Waals surface area contributed by atoms with Gasteiger partial charge in [-0.15, -0.1) is 0 Å². The van der Waals surface area contributed by atoms with Gasteiger partial charge in [0, 0.05) is 24.7 Å². The standard InChI is InChI=1S/C18H19N5O3/c24-17(9-16-14-3-1-2-4-15(14)20-21-16)22-7-5-13(6-8-22)23-11-12(10-19-23)18(25)26/h1-4,10-11,13H,5-9H2,(H,20,21)(H,25,26). The number of para-hydroxylation sites is 1. The molecule has 1 amide bonds. The Bertz CT molecular complexity index is 953. The van der Waals surface area contributed by atoms with E-state index in [9.17, 15) is 9.59 Å². The molecule has 4 rings (SSSR count). The van der Waals surface area contributed by atoms with Crippen molar-refractivity contribution in [2.45, 2.75) is 25.3 Å². The summed E-state index contributed by atoms with van der Waals surface area (Å²) in [4.78, 5) is 25.4. The summed E-state index contributed by atoms with van der Waals surface area (Å²) in [7, 11) is 0. The van der Waals surface area contributed by atoms with E-state index in [2.05, 4.69) is 15.3 Å². The zero-order valence-corrected chi connectivity index (χ0v) is 14.1. The number of carbonyl (C=O) groups excluding carboxylic acids is 1. The number of carboxylic acid groups (broad SMARTS) is 1. The lowest BCUT2D eigenvalue weighted by molar-refractivity contribution is -0.131. The normalized spacial score (nSPS) is 15.5. The number of benzene rings is 1. The molecule has 3 aromatic rings. The van der Waals surface area contributed by atoms with Crippen molar-refractivity contribution in [2.24, 2.45) is 0 Å². The molecule has 1 aliphatic rings. The molecule has 8 heteroatoms. The number of H-pyrrole nitrogens is 1. The second kappa shape index (κ2) is 6.62. The van der Waals surface area contributed by atoms with E-state index >= 15 is 0 Å². The first-order chi connectivity index (χ1) is 12.6. The Morgan fingerprint density at radius 1 is 1.23 bits per heavy atom. The van der Waals surface area contributed by atoms with E-state index in [1.807, 2.05) is 29.2 Å². The summed E-state index contributed by atoms with van der Waals surface area (Å²) in [6.07, 6.45) is 4.74. The fourth-order valence-electron chi connectivity index (χ4n) is 3.44. The molecule has 1 fully saturated rings. The number of amides is 1. The van der Waals surface area contributed by atoms with Crippen LogP contribution in [0.1, 0.15) is 34.9 Å². The van der Waals surface area contributed by atoms with Gasteiger partial charge in [0.1, 0.15) is 0 Å². The van der Waals surface area contributed by atoms with E-state index in [1.165, 1.54) is 6.20 Å². The van der Waals surface area contributed by atoms with Crippen LogP contribution in [0.2, 0.25) is 0 Å². The topological polar surface area (TPSA) is 104 Å². The van der Waals surface area contributed by atoms with Crippen LogP contribution in [-0.2, 0) is 11.2 Å². The van der Waals surface area contributed by atoms with Crippen LogP contribution in [0.3, 0.4) is 0 Å². The van der Waals surface area contributed by atoms with Gasteiger partial charge >= 0.3 is 5.97 Å². The highest BCUT2D eigenvalue weighted by atomic mass is 16.4. The summed E-state index contributed by atoms with van der Waals surface area (Å²) in [5.74, 6) is -0.903. The van der Waals surface area contributed by atoms with Crippen LogP contribution in [0.15, 0.2) is 36.7 Å². The highest BCUT2D eigenvalue weighted by Crippen LogP contribution is 2.23. The number of hydrogen-bond acceptors (Lipinski definition) is 4. The number of nitrogens with one attached hydrogen (secondary N) is 1. The molecule has 0 bridgehead atoms. The molecule has 0 spiro atoms. The van der Waals surface area contributed by atoms with Crippen LogP contribution in [0, 0.1) is 0 Å². The number of carbonyl (C=O) groups is 2. The smallest absolute Gasteiger partial charge is 0.338 e. The molecule has 1 saturated heterocycles. The van der Waals surface area contributed by atoms with Crippen LogP contribution < -0.4 is 0 Å². The number of aromatic amines is 1. The molecule has 8 nitrogen and oxygen atoms in total. The van der Waals surface area contributed by atoms with E-state index in [4.69, 9.17) is 5.11 Å². The fourth-order valence-corrected chi connectivity index (χ4v) is 3.44. The third-order valence-electron chi connectivity index (χ3n) is 4.91. The molecule has 2 N–H and O–H groups in total. The first kappa shape index (κ1) is 16.3. The summed E-state index contributed by atoms with van der Waals surface area (Å²) in [5.41, 5.74) is 1.89. The lowest BCUT2D eigenvalue weighted by atomic mass is 10.0. The second-order valence-corrected chi connectivity index (χ2v) is 6.52. The minimum Gasteiger partial charge on any atom is -0.478 e. The lowest BCUT2D eigenvalue weighted by Crippen LogP contribution is -2.40. The van der Waals surface area contributed by atoms with Gasteiger partial charge in [-0.2, -0.15) is 10.2 Å². The number of nitrogens with zero attached hydrogens (tertiary/aromatic N) is 4. The Balaban J connectivity index is 1.38. The van der Waals surface area contributed by atoms with Crippen molar-refractivity contribution in [3.05, 3.63) is 47.9 Å². The maximum atomic E-state index is 12.6. The SMILES string of the molecule is O=C(O)c1cnn(C2CCN(C(=O)Cc3[nH]nc4ccccc34)CC2)c1. The molecule has 3 heterocycles. The van der Waals surface area contributed by atoms with Gasteiger partial charge in [-0.25, -0.2) is 4.79 Å². The van der Waals surface area contributed by atoms with Gasteiger partial charge in [-0.05, 0) is 18.9 Å². The molecule has 2 aromatic heterocycles.